The summed E-state index contributed by atoms with van der Waals surface area (Å²) in [6.45, 7) is 3.07. The first-order chi connectivity index (χ1) is 13.7. The van der Waals surface area contributed by atoms with Crippen LogP contribution in [0.5, 0.6) is 5.75 Å². The van der Waals surface area contributed by atoms with Crippen molar-refractivity contribution in [1.29, 1.82) is 0 Å². The lowest BCUT2D eigenvalue weighted by molar-refractivity contribution is 0.0526. The summed E-state index contributed by atoms with van der Waals surface area (Å²) in [4.78, 5) is 28.2. The molecule has 2 aromatic rings. The Morgan fingerprint density at radius 2 is 1.76 bits per heavy atom. The number of nitrogens with one attached hydrogen (secondary N) is 1. The van der Waals surface area contributed by atoms with Crippen LogP contribution in [0.15, 0.2) is 29.3 Å². The van der Waals surface area contributed by atoms with E-state index in [1.165, 1.54) is 18.2 Å². The topological polar surface area (TPSA) is 106 Å². The fourth-order valence-electron chi connectivity index (χ4n) is 2.86. The summed E-state index contributed by atoms with van der Waals surface area (Å²) in [5.41, 5.74) is 0.204. The highest BCUT2D eigenvalue weighted by Crippen LogP contribution is 2.36. The molecule has 1 N–H and O–H groups in total. The molecule has 0 spiro atoms. The monoisotopic (exact) mass is 460 g/mol. The maximum Gasteiger partial charge on any atom is 0.340 e. The van der Waals surface area contributed by atoms with Crippen molar-refractivity contribution in [3.63, 3.8) is 0 Å². The number of likely N-dealkylation sites (tertiary alicyclic amines) is 1. The summed E-state index contributed by atoms with van der Waals surface area (Å²) in [5.74, 6) is -1.25. The molecule has 0 aliphatic carbocycles. The van der Waals surface area contributed by atoms with Crippen molar-refractivity contribution >= 4 is 45.2 Å². The number of esters is 1. The molecule has 29 heavy (non-hydrogen) atoms. The number of rotatable bonds is 6. The van der Waals surface area contributed by atoms with Crippen LogP contribution in [0.3, 0.4) is 0 Å². The Morgan fingerprint density at radius 1 is 1.14 bits per heavy atom. The van der Waals surface area contributed by atoms with E-state index in [9.17, 15) is 18.0 Å². The molecule has 156 valence electrons. The lowest BCUT2D eigenvalue weighted by Crippen LogP contribution is -2.27. The predicted octanol–water partition coefficient (Wildman–Crippen LogP) is 3.50. The molecule has 1 amide bonds. The third-order valence-electron chi connectivity index (χ3n) is 4.27. The van der Waals surface area contributed by atoms with Gasteiger partial charge in [0, 0.05) is 19.3 Å². The van der Waals surface area contributed by atoms with Gasteiger partial charge in [0.2, 0.25) is 0 Å². The van der Waals surface area contributed by atoms with Crippen molar-refractivity contribution < 1.29 is 26.9 Å². The van der Waals surface area contributed by atoms with Gasteiger partial charge >= 0.3 is 16.1 Å². The number of carbonyl (C=O) groups is 2. The molecule has 2 heterocycles. The van der Waals surface area contributed by atoms with Crippen LogP contribution in [0, 0.1) is 0 Å². The van der Waals surface area contributed by atoms with E-state index in [1.807, 2.05) is 0 Å². The van der Waals surface area contributed by atoms with Gasteiger partial charge in [-0.25, -0.2) is 4.79 Å². The van der Waals surface area contributed by atoms with Gasteiger partial charge in [-0.2, -0.15) is 8.42 Å². The number of carbonyl (C=O) groups excluding carboxylic acids is 2. The van der Waals surface area contributed by atoms with Crippen LogP contribution in [0.25, 0.3) is 0 Å². The highest BCUT2D eigenvalue weighted by molar-refractivity contribution is 7.87. The maximum absolute atomic E-state index is 12.6. The fraction of sp³-hybridized carbons (Fsp3) is 0.333. The number of hydrogen-bond donors (Lipinski definition) is 1. The van der Waals surface area contributed by atoms with Crippen LogP contribution in [0.4, 0.5) is 0 Å². The molecule has 1 saturated heterocycles. The third kappa shape index (κ3) is 4.68. The maximum atomic E-state index is 12.6. The van der Waals surface area contributed by atoms with Gasteiger partial charge in [-0.15, -0.1) is 0 Å². The number of aromatic amines is 1. The summed E-state index contributed by atoms with van der Waals surface area (Å²) in [7, 11) is -4.32. The van der Waals surface area contributed by atoms with Crippen molar-refractivity contribution in [2.75, 3.05) is 19.7 Å². The molecule has 8 nitrogen and oxygen atoms in total. The fourth-order valence-corrected chi connectivity index (χ4v) is 4.48. The largest absolute Gasteiger partial charge is 0.462 e. The zero-order chi connectivity index (χ0) is 21.2. The van der Waals surface area contributed by atoms with E-state index >= 15 is 0 Å². The quantitative estimate of drug-likeness (QED) is 0.522. The SMILES string of the molecule is CCOC(=O)c1cc(Cl)c(OS(=O)(=O)c2c[nH]c(C(=O)N3CCCC3)c2)c(Cl)c1. The molecule has 1 fully saturated rings. The van der Waals surface area contributed by atoms with E-state index in [-0.39, 0.29) is 44.5 Å². The number of H-pyrrole nitrogens is 1. The van der Waals surface area contributed by atoms with Gasteiger partial charge in [-0.3, -0.25) is 4.79 Å². The second-order valence-corrected chi connectivity index (χ2v) is 8.64. The van der Waals surface area contributed by atoms with Gasteiger partial charge in [-0.1, -0.05) is 23.2 Å². The Kier molecular flexibility index (Phi) is 6.40. The zero-order valence-electron chi connectivity index (χ0n) is 15.4. The molecular weight excluding hydrogens is 443 g/mol. The molecule has 0 saturated carbocycles. The molecule has 1 aromatic carbocycles. The van der Waals surface area contributed by atoms with Crippen molar-refractivity contribution in [2.24, 2.45) is 0 Å². The first-order valence-corrected chi connectivity index (χ1v) is 11.0. The van der Waals surface area contributed by atoms with Crippen LogP contribution in [-0.2, 0) is 14.9 Å². The van der Waals surface area contributed by atoms with Crippen LogP contribution in [-0.4, -0.2) is 49.9 Å². The Hall–Kier alpha value is -2.23. The minimum Gasteiger partial charge on any atom is -0.462 e. The Bertz CT molecular complexity index is 1020. The van der Waals surface area contributed by atoms with Gasteiger partial charge in [0.25, 0.3) is 5.91 Å². The average molecular weight is 461 g/mol. The number of aromatic nitrogens is 1. The number of nitrogens with zero attached hydrogens (tertiary/aromatic N) is 1. The van der Waals surface area contributed by atoms with Crippen molar-refractivity contribution in [3.05, 3.63) is 45.7 Å². The molecule has 0 radical (unpaired) electrons. The highest BCUT2D eigenvalue weighted by Gasteiger charge is 2.26. The molecule has 0 atom stereocenters. The Labute approximate surface area is 177 Å². The summed E-state index contributed by atoms with van der Waals surface area (Å²) < 4.78 is 35.2. The molecule has 0 bridgehead atoms. The van der Waals surface area contributed by atoms with Gasteiger partial charge in [-0.05, 0) is 38.0 Å². The third-order valence-corrected chi connectivity index (χ3v) is 6.03. The zero-order valence-corrected chi connectivity index (χ0v) is 17.7. The summed E-state index contributed by atoms with van der Waals surface area (Å²) in [6.07, 6.45) is 2.99. The van der Waals surface area contributed by atoms with E-state index < -0.39 is 16.1 Å². The minimum atomic E-state index is -4.32. The van der Waals surface area contributed by atoms with Crippen molar-refractivity contribution in [1.82, 2.24) is 9.88 Å². The second-order valence-electron chi connectivity index (χ2n) is 6.28. The molecule has 11 heteroatoms. The minimum absolute atomic E-state index is 0.0618. The van der Waals surface area contributed by atoms with Gasteiger partial charge < -0.3 is 18.8 Å². The van der Waals surface area contributed by atoms with E-state index in [4.69, 9.17) is 32.1 Å². The first kappa shape index (κ1) is 21.5. The van der Waals surface area contributed by atoms with Crippen molar-refractivity contribution in [3.8, 4) is 5.75 Å². The first-order valence-electron chi connectivity index (χ1n) is 8.81. The lowest BCUT2D eigenvalue weighted by Gasteiger charge is -2.13. The average Bonchev–Trinajstić information content (AvgIpc) is 3.36. The van der Waals surface area contributed by atoms with Crippen molar-refractivity contribution in [2.45, 2.75) is 24.7 Å². The predicted molar refractivity (Wildman–Crippen MR) is 106 cm³/mol. The number of ether oxygens (including phenoxy) is 1. The highest BCUT2D eigenvalue weighted by atomic mass is 35.5. The Morgan fingerprint density at radius 3 is 2.34 bits per heavy atom. The molecule has 0 unspecified atom stereocenters. The van der Waals surface area contributed by atoms with E-state index in [0.29, 0.717) is 13.1 Å². The lowest BCUT2D eigenvalue weighted by atomic mass is 10.2. The van der Waals surface area contributed by atoms with E-state index in [2.05, 4.69) is 4.98 Å². The van der Waals surface area contributed by atoms with Crippen LogP contribution >= 0.6 is 23.2 Å². The summed E-state index contributed by atoms with van der Waals surface area (Å²) in [6, 6.07) is 3.61. The standard InChI is InChI=1S/C18H18Cl2N2O6S/c1-2-27-18(24)11-7-13(19)16(14(20)8-11)28-29(25,26)12-9-15(21-10-12)17(23)22-5-3-4-6-22/h7-10,21H,2-6H2,1H3. The number of benzene rings is 1. The number of hydrogen-bond acceptors (Lipinski definition) is 6. The summed E-state index contributed by atoms with van der Waals surface area (Å²) >= 11 is 12.1. The van der Waals surface area contributed by atoms with E-state index in [1.54, 1.807) is 11.8 Å². The molecular formula is C18H18Cl2N2O6S. The molecule has 1 aromatic heterocycles. The summed E-state index contributed by atoms with van der Waals surface area (Å²) in [5, 5.41) is -0.346. The van der Waals surface area contributed by atoms with Crippen LogP contribution in [0.2, 0.25) is 10.0 Å². The van der Waals surface area contributed by atoms with Gasteiger partial charge in [0.05, 0.1) is 22.2 Å². The van der Waals surface area contributed by atoms with Gasteiger partial charge in [0.1, 0.15) is 10.6 Å². The Balaban J connectivity index is 1.83. The van der Waals surface area contributed by atoms with Crippen LogP contribution in [0.1, 0.15) is 40.6 Å². The normalized spacial score (nSPS) is 14.1. The number of amides is 1. The molecule has 3 rings (SSSR count). The number of halogens is 2. The molecule has 1 aliphatic rings. The van der Waals surface area contributed by atoms with E-state index in [0.717, 1.165) is 19.0 Å². The van der Waals surface area contributed by atoms with Gasteiger partial charge in [0.15, 0.2) is 5.75 Å². The smallest absolute Gasteiger partial charge is 0.340 e. The molecule has 1 aliphatic heterocycles. The van der Waals surface area contributed by atoms with Crippen LogP contribution < -0.4 is 4.18 Å². The second kappa shape index (κ2) is 8.64.